The monoisotopic (exact) mass is 384 g/mol. The van der Waals surface area contributed by atoms with E-state index in [1.54, 1.807) is 31.2 Å². The highest BCUT2D eigenvalue weighted by Gasteiger charge is 2.14. The van der Waals surface area contributed by atoms with Crippen molar-refractivity contribution in [3.63, 3.8) is 0 Å². The summed E-state index contributed by atoms with van der Waals surface area (Å²) in [6.45, 7) is 1.55. The number of nitrogens with one attached hydrogen (secondary N) is 2. The second-order valence-electron chi connectivity index (χ2n) is 4.75. The fraction of sp³-hybridized carbons (Fsp3) is 0.133. The van der Waals surface area contributed by atoms with E-state index in [-0.39, 0.29) is 16.0 Å². The molecule has 1 amide bonds. The van der Waals surface area contributed by atoms with Crippen molar-refractivity contribution in [3.05, 3.63) is 47.4 Å². The molecule has 1 aromatic carbocycles. The molecule has 0 bridgehead atoms. The van der Waals surface area contributed by atoms with Crippen LogP contribution in [0.5, 0.6) is 17.4 Å². The zero-order valence-electron chi connectivity index (χ0n) is 13.0. The fourth-order valence-corrected chi connectivity index (χ4v) is 1.85. The maximum Gasteiger partial charge on any atom is 0.279 e. The molecule has 0 aliphatic rings. The molecule has 10 heteroatoms. The first-order valence-electron chi connectivity index (χ1n) is 6.96. The molecule has 0 radical (unpaired) electrons. The number of aromatic nitrogens is 1. The van der Waals surface area contributed by atoms with Gasteiger partial charge in [-0.05, 0) is 49.5 Å². The molecule has 2 aromatic rings. The number of hydrogen-bond acceptors (Lipinski definition) is 5. The molecule has 2 rings (SSSR count). The molecule has 0 spiro atoms. The van der Waals surface area contributed by atoms with Crippen molar-refractivity contribution in [1.82, 2.24) is 15.8 Å². The summed E-state index contributed by atoms with van der Waals surface area (Å²) in [5.74, 6) is -0.582. The van der Waals surface area contributed by atoms with Crippen molar-refractivity contribution >= 4 is 34.8 Å². The maximum absolute atomic E-state index is 13.6. The first kappa shape index (κ1) is 18.7. The van der Waals surface area contributed by atoms with Crippen molar-refractivity contribution in [3.8, 4) is 17.4 Å². The number of nitrogens with zero attached hydrogens (tertiary/aromatic N) is 1. The molecule has 0 fully saturated rings. The van der Waals surface area contributed by atoms with E-state index in [2.05, 4.69) is 28.1 Å². The summed E-state index contributed by atoms with van der Waals surface area (Å²) in [5, 5.41) is 0.107. The Kier molecular flexibility index (Phi) is 6.31. The normalized spacial score (nSPS) is 11.3. The van der Waals surface area contributed by atoms with Crippen molar-refractivity contribution in [2.75, 3.05) is 0 Å². The van der Waals surface area contributed by atoms with E-state index >= 15 is 0 Å². The first-order chi connectivity index (χ1) is 11.8. The third kappa shape index (κ3) is 5.73. The highest BCUT2D eigenvalue weighted by Crippen LogP contribution is 2.26. The summed E-state index contributed by atoms with van der Waals surface area (Å²) in [5.41, 5.74) is 9.81. The van der Waals surface area contributed by atoms with E-state index in [1.807, 2.05) is 0 Å². The highest BCUT2D eigenvalue weighted by atomic mass is 35.5. The van der Waals surface area contributed by atoms with Gasteiger partial charge in [-0.25, -0.2) is 9.37 Å². The van der Waals surface area contributed by atoms with Crippen LogP contribution in [0.1, 0.15) is 6.92 Å². The lowest BCUT2D eigenvalue weighted by molar-refractivity contribution is -0.127. The van der Waals surface area contributed by atoms with Crippen LogP contribution in [-0.2, 0) is 4.79 Å². The smallest absolute Gasteiger partial charge is 0.279 e. The number of halogens is 2. The van der Waals surface area contributed by atoms with Crippen LogP contribution < -0.4 is 26.1 Å². The molecule has 1 atom stereocenters. The van der Waals surface area contributed by atoms with Gasteiger partial charge in [0, 0.05) is 6.20 Å². The minimum Gasteiger partial charge on any atom is -0.481 e. The maximum atomic E-state index is 13.6. The Morgan fingerprint density at radius 2 is 1.96 bits per heavy atom. The van der Waals surface area contributed by atoms with Crippen LogP contribution in [0.15, 0.2) is 36.5 Å². The van der Waals surface area contributed by atoms with Gasteiger partial charge in [0.15, 0.2) is 17.0 Å². The van der Waals surface area contributed by atoms with Crippen LogP contribution in [0, 0.1) is 5.82 Å². The number of amides is 1. The Labute approximate surface area is 153 Å². The number of ether oxygens (including phenoxy) is 2. The van der Waals surface area contributed by atoms with Gasteiger partial charge in [-0.1, -0.05) is 11.6 Å². The van der Waals surface area contributed by atoms with E-state index < -0.39 is 17.8 Å². The van der Waals surface area contributed by atoms with E-state index in [0.29, 0.717) is 11.5 Å². The number of nitrogens with two attached hydrogens (primary N) is 1. The van der Waals surface area contributed by atoms with Crippen LogP contribution in [0.2, 0.25) is 5.02 Å². The number of carbonyl (C=O) groups excluding carboxylic acids is 1. The zero-order chi connectivity index (χ0) is 18.4. The SMILES string of the molecule is C[C@@H](Oc1ccc(Oc2ncc(Cl)cc2F)cc1)C(=O)NNC(N)=S. The van der Waals surface area contributed by atoms with E-state index in [0.717, 1.165) is 6.07 Å². The lowest BCUT2D eigenvalue weighted by Gasteiger charge is -2.15. The van der Waals surface area contributed by atoms with Crippen molar-refractivity contribution < 1.29 is 18.7 Å². The Bertz CT molecular complexity index is 776. The molecule has 25 heavy (non-hydrogen) atoms. The molecule has 7 nitrogen and oxygen atoms in total. The van der Waals surface area contributed by atoms with Crippen LogP contribution in [-0.4, -0.2) is 22.1 Å². The molecule has 4 N–H and O–H groups in total. The van der Waals surface area contributed by atoms with E-state index in [4.69, 9.17) is 26.8 Å². The molecule has 0 aliphatic carbocycles. The molecule has 0 saturated carbocycles. The Balaban J connectivity index is 1.95. The number of pyridine rings is 1. The number of hydrazine groups is 1. The number of benzene rings is 1. The van der Waals surface area contributed by atoms with Gasteiger partial charge in [0.05, 0.1) is 5.02 Å². The van der Waals surface area contributed by atoms with Crippen molar-refractivity contribution in [2.24, 2.45) is 5.73 Å². The van der Waals surface area contributed by atoms with Gasteiger partial charge >= 0.3 is 0 Å². The molecule has 1 aromatic heterocycles. The lowest BCUT2D eigenvalue weighted by atomic mass is 10.3. The minimum absolute atomic E-state index is 0.0647. The minimum atomic E-state index is -0.802. The second-order valence-corrected chi connectivity index (χ2v) is 5.63. The van der Waals surface area contributed by atoms with Crippen LogP contribution in [0.25, 0.3) is 0 Å². The molecular formula is C15H14ClFN4O3S. The highest BCUT2D eigenvalue weighted by molar-refractivity contribution is 7.80. The molecular weight excluding hydrogens is 371 g/mol. The largest absolute Gasteiger partial charge is 0.481 e. The predicted octanol–water partition coefficient (Wildman–Crippen LogP) is 2.30. The first-order valence-corrected chi connectivity index (χ1v) is 7.74. The van der Waals surface area contributed by atoms with Gasteiger partial charge in [-0.3, -0.25) is 15.6 Å². The van der Waals surface area contributed by atoms with Gasteiger partial charge in [0.1, 0.15) is 11.5 Å². The van der Waals surface area contributed by atoms with Crippen LogP contribution in [0.4, 0.5) is 4.39 Å². The van der Waals surface area contributed by atoms with Crippen molar-refractivity contribution in [2.45, 2.75) is 13.0 Å². The van der Waals surface area contributed by atoms with E-state index in [9.17, 15) is 9.18 Å². The molecule has 0 unspecified atom stereocenters. The lowest BCUT2D eigenvalue weighted by Crippen LogP contribution is -2.48. The molecule has 132 valence electrons. The number of thiocarbonyl (C=S) groups is 1. The van der Waals surface area contributed by atoms with Gasteiger partial charge in [0.25, 0.3) is 11.8 Å². The fourth-order valence-electron chi connectivity index (χ4n) is 1.66. The summed E-state index contributed by atoms with van der Waals surface area (Å²) in [6.07, 6.45) is 0.475. The summed E-state index contributed by atoms with van der Waals surface area (Å²) < 4.78 is 24.4. The number of hydrogen-bond donors (Lipinski definition) is 3. The van der Waals surface area contributed by atoms with Crippen LogP contribution >= 0.6 is 23.8 Å². The molecule has 1 heterocycles. The van der Waals surface area contributed by atoms with Crippen molar-refractivity contribution in [1.29, 1.82) is 0 Å². The van der Waals surface area contributed by atoms with Gasteiger partial charge in [-0.15, -0.1) is 0 Å². The molecule has 0 aliphatic heterocycles. The Hall–Kier alpha value is -2.65. The van der Waals surface area contributed by atoms with E-state index in [1.165, 1.54) is 6.20 Å². The quantitative estimate of drug-likeness (QED) is 0.537. The topological polar surface area (TPSA) is 98.5 Å². The van der Waals surface area contributed by atoms with Gasteiger partial charge < -0.3 is 15.2 Å². The summed E-state index contributed by atoms with van der Waals surface area (Å²) >= 11 is 10.2. The molecule has 0 saturated heterocycles. The zero-order valence-corrected chi connectivity index (χ0v) is 14.5. The average molecular weight is 385 g/mol. The van der Waals surface area contributed by atoms with Gasteiger partial charge in [-0.2, -0.15) is 0 Å². The third-order valence-corrected chi connectivity index (χ3v) is 3.11. The average Bonchev–Trinajstić information content (AvgIpc) is 2.56. The second kappa shape index (κ2) is 8.45. The third-order valence-electron chi connectivity index (χ3n) is 2.80. The Morgan fingerprint density at radius 3 is 2.56 bits per heavy atom. The number of carbonyl (C=O) groups is 1. The standard InChI is InChI=1S/C15H14ClFN4O3S/c1-8(13(22)20-21-15(18)25)23-10-2-4-11(5-3-10)24-14-12(17)6-9(16)7-19-14/h2-8H,1H3,(H,20,22)(H3,18,21,25)/t8-/m1/s1. The summed E-state index contributed by atoms with van der Waals surface area (Å²) in [7, 11) is 0. The summed E-state index contributed by atoms with van der Waals surface area (Å²) in [6, 6.07) is 7.32. The van der Waals surface area contributed by atoms with Crippen LogP contribution in [0.3, 0.4) is 0 Å². The number of rotatable bonds is 5. The van der Waals surface area contributed by atoms with Gasteiger partial charge in [0.2, 0.25) is 0 Å². The summed E-state index contributed by atoms with van der Waals surface area (Å²) in [4.78, 5) is 15.5. The predicted molar refractivity (Wildman–Crippen MR) is 93.9 cm³/mol. The Morgan fingerprint density at radius 1 is 1.32 bits per heavy atom.